The van der Waals surface area contributed by atoms with Crippen molar-refractivity contribution < 1.29 is 13.2 Å². The molecular weight excluding hydrogens is 266 g/mol. The van der Waals surface area contributed by atoms with Gasteiger partial charge in [0.2, 0.25) is 15.9 Å². The number of carbonyl (C=O) groups is 1. The summed E-state index contributed by atoms with van der Waals surface area (Å²) in [6.45, 7) is 2.33. The summed E-state index contributed by atoms with van der Waals surface area (Å²) >= 11 is 0. The summed E-state index contributed by atoms with van der Waals surface area (Å²) in [6, 6.07) is 3.61. The van der Waals surface area contributed by atoms with Crippen molar-refractivity contribution in [3.63, 3.8) is 0 Å². The molecule has 0 aliphatic carbocycles. The Morgan fingerprint density at radius 3 is 2.89 bits per heavy atom. The first kappa shape index (κ1) is 14.0. The number of nitrogens with two attached hydrogens (primary N) is 1. The lowest BCUT2D eigenvalue weighted by molar-refractivity contribution is -0.129. The largest absolute Gasteiger partial charge is 0.336 e. The Kier molecular flexibility index (Phi) is 3.86. The van der Waals surface area contributed by atoms with E-state index in [0.29, 0.717) is 6.54 Å². The highest BCUT2D eigenvalue weighted by Gasteiger charge is 2.34. The predicted molar refractivity (Wildman–Crippen MR) is 70.4 cm³/mol. The first-order chi connectivity index (χ1) is 8.87. The standard InChI is InChI=1S/C12H17N3O3S/c1-9(11-3-2-4-14-6-11)15-7-10(5-12(15)16)8-19(13,17)18/h2-4,6,9-10H,5,7-8H2,1H3,(H2,13,17,18). The van der Waals surface area contributed by atoms with E-state index in [1.807, 2.05) is 19.1 Å². The third-order valence-corrected chi connectivity index (χ3v) is 4.28. The second kappa shape index (κ2) is 5.26. The molecule has 0 saturated carbocycles. The van der Waals surface area contributed by atoms with Gasteiger partial charge in [-0.15, -0.1) is 0 Å². The van der Waals surface area contributed by atoms with Crippen LogP contribution < -0.4 is 5.14 Å². The molecule has 2 atom stereocenters. The van der Waals surface area contributed by atoms with E-state index in [-0.39, 0.29) is 30.0 Å². The predicted octanol–water partition coefficient (Wildman–Crippen LogP) is 0.280. The number of aromatic nitrogens is 1. The van der Waals surface area contributed by atoms with Gasteiger partial charge in [0.1, 0.15) is 0 Å². The molecular formula is C12H17N3O3S. The van der Waals surface area contributed by atoms with E-state index in [1.54, 1.807) is 17.3 Å². The van der Waals surface area contributed by atoms with Gasteiger partial charge < -0.3 is 4.90 Å². The number of amides is 1. The van der Waals surface area contributed by atoms with Gasteiger partial charge in [-0.2, -0.15) is 0 Å². The maximum Gasteiger partial charge on any atom is 0.223 e. The molecule has 7 heteroatoms. The van der Waals surface area contributed by atoms with Crippen LogP contribution in [0.25, 0.3) is 0 Å². The fourth-order valence-electron chi connectivity index (χ4n) is 2.43. The van der Waals surface area contributed by atoms with Crippen LogP contribution in [0, 0.1) is 5.92 Å². The highest BCUT2D eigenvalue weighted by atomic mass is 32.2. The molecule has 104 valence electrons. The van der Waals surface area contributed by atoms with Crippen molar-refractivity contribution in [2.45, 2.75) is 19.4 Å². The van der Waals surface area contributed by atoms with Crippen molar-refractivity contribution in [1.29, 1.82) is 0 Å². The first-order valence-corrected chi connectivity index (χ1v) is 7.78. The number of pyridine rings is 1. The van der Waals surface area contributed by atoms with E-state index in [0.717, 1.165) is 5.56 Å². The van der Waals surface area contributed by atoms with Crippen LogP contribution in [-0.4, -0.2) is 36.5 Å². The van der Waals surface area contributed by atoms with Gasteiger partial charge in [0.05, 0.1) is 11.8 Å². The van der Waals surface area contributed by atoms with Gasteiger partial charge in [0.15, 0.2) is 0 Å². The van der Waals surface area contributed by atoms with E-state index in [2.05, 4.69) is 4.98 Å². The third kappa shape index (κ3) is 3.51. The monoisotopic (exact) mass is 283 g/mol. The second-order valence-electron chi connectivity index (χ2n) is 4.91. The minimum atomic E-state index is -3.54. The van der Waals surface area contributed by atoms with E-state index in [1.165, 1.54) is 0 Å². The van der Waals surface area contributed by atoms with Crippen molar-refractivity contribution in [2.75, 3.05) is 12.3 Å². The molecule has 1 fully saturated rings. The summed E-state index contributed by atoms with van der Waals surface area (Å²) in [7, 11) is -3.54. The molecule has 1 amide bonds. The fourth-order valence-corrected chi connectivity index (χ4v) is 3.31. The number of likely N-dealkylation sites (tertiary alicyclic amines) is 1. The van der Waals surface area contributed by atoms with Crippen molar-refractivity contribution in [3.8, 4) is 0 Å². The molecule has 1 aromatic rings. The Bertz CT molecular complexity index is 559. The first-order valence-electron chi connectivity index (χ1n) is 6.06. The Balaban J connectivity index is 2.08. The number of hydrogen-bond donors (Lipinski definition) is 1. The lowest BCUT2D eigenvalue weighted by atomic mass is 10.1. The molecule has 19 heavy (non-hydrogen) atoms. The van der Waals surface area contributed by atoms with Crippen LogP contribution in [0.2, 0.25) is 0 Å². The number of primary sulfonamides is 1. The highest BCUT2D eigenvalue weighted by molar-refractivity contribution is 7.89. The maximum atomic E-state index is 12.0. The topological polar surface area (TPSA) is 93.4 Å². The average molecular weight is 283 g/mol. The molecule has 2 unspecified atom stereocenters. The normalized spacial score (nSPS) is 21.7. The number of carbonyl (C=O) groups excluding carboxylic acids is 1. The summed E-state index contributed by atoms with van der Waals surface area (Å²) in [5, 5.41) is 5.03. The van der Waals surface area contributed by atoms with E-state index in [4.69, 9.17) is 5.14 Å². The SMILES string of the molecule is CC(c1cccnc1)N1CC(CS(N)(=O)=O)CC1=O. The number of nitrogens with zero attached hydrogens (tertiary/aromatic N) is 2. The van der Waals surface area contributed by atoms with Crippen molar-refractivity contribution in [3.05, 3.63) is 30.1 Å². The van der Waals surface area contributed by atoms with Crippen LogP contribution in [0.15, 0.2) is 24.5 Å². The molecule has 2 heterocycles. The van der Waals surface area contributed by atoms with Gasteiger partial charge in [-0.1, -0.05) is 6.07 Å². The van der Waals surface area contributed by atoms with Crippen LogP contribution in [0.4, 0.5) is 0 Å². The average Bonchev–Trinajstić information content (AvgIpc) is 2.68. The van der Waals surface area contributed by atoms with Gasteiger partial charge in [-0.05, 0) is 18.6 Å². The number of hydrogen-bond acceptors (Lipinski definition) is 4. The molecule has 0 aromatic carbocycles. The summed E-state index contributed by atoms with van der Waals surface area (Å²) in [4.78, 5) is 17.7. The fraction of sp³-hybridized carbons (Fsp3) is 0.500. The van der Waals surface area contributed by atoms with Crippen molar-refractivity contribution in [2.24, 2.45) is 11.1 Å². The van der Waals surface area contributed by atoms with Gasteiger partial charge in [-0.25, -0.2) is 13.6 Å². The lowest BCUT2D eigenvalue weighted by Gasteiger charge is -2.24. The van der Waals surface area contributed by atoms with Gasteiger partial charge in [0.25, 0.3) is 0 Å². The number of rotatable bonds is 4. The second-order valence-corrected chi connectivity index (χ2v) is 6.57. The lowest BCUT2D eigenvalue weighted by Crippen LogP contribution is -2.30. The molecule has 6 nitrogen and oxygen atoms in total. The molecule has 0 spiro atoms. The summed E-state index contributed by atoms with van der Waals surface area (Å²) in [6.07, 6.45) is 3.62. The summed E-state index contributed by atoms with van der Waals surface area (Å²) in [5.74, 6) is -0.402. The van der Waals surface area contributed by atoms with Crippen LogP contribution in [0.5, 0.6) is 0 Å². The van der Waals surface area contributed by atoms with E-state index < -0.39 is 10.0 Å². The summed E-state index contributed by atoms with van der Waals surface area (Å²) < 4.78 is 22.2. The van der Waals surface area contributed by atoms with Crippen LogP contribution in [0.3, 0.4) is 0 Å². The molecule has 0 bridgehead atoms. The highest BCUT2D eigenvalue weighted by Crippen LogP contribution is 2.28. The molecule has 1 aliphatic rings. The van der Waals surface area contributed by atoms with Crippen LogP contribution in [0.1, 0.15) is 24.9 Å². The molecule has 2 N–H and O–H groups in total. The minimum absolute atomic E-state index is 0.0370. The zero-order chi connectivity index (χ0) is 14.0. The molecule has 0 radical (unpaired) electrons. The Labute approximate surface area is 112 Å². The van der Waals surface area contributed by atoms with Gasteiger partial charge >= 0.3 is 0 Å². The van der Waals surface area contributed by atoms with Crippen LogP contribution in [-0.2, 0) is 14.8 Å². The van der Waals surface area contributed by atoms with Crippen LogP contribution >= 0.6 is 0 Å². The van der Waals surface area contributed by atoms with Crippen molar-refractivity contribution >= 4 is 15.9 Å². The Morgan fingerprint density at radius 1 is 1.58 bits per heavy atom. The molecule has 1 aliphatic heterocycles. The van der Waals surface area contributed by atoms with Gasteiger partial charge in [-0.3, -0.25) is 9.78 Å². The molecule has 2 rings (SSSR count). The minimum Gasteiger partial charge on any atom is -0.336 e. The number of sulfonamides is 1. The Morgan fingerprint density at radius 2 is 2.32 bits per heavy atom. The zero-order valence-corrected chi connectivity index (χ0v) is 11.5. The summed E-state index contributed by atoms with van der Waals surface area (Å²) in [5.41, 5.74) is 0.937. The molecule has 1 aromatic heterocycles. The maximum absolute atomic E-state index is 12.0. The van der Waals surface area contributed by atoms with Crippen molar-refractivity contribution in [1.82, 2.24) is 9.88 Å². The van der Waals surface area contributed by atoms with E-state index >= 15 is 0 Å². The Hall–Kier alpha value is -1.47. The van der Waals surface area contributed by atoms with Gasteiger partial charge in [0, 0.05) is 31.3 Å². The third-order valence-electron chi connectivity index (χ3n) is 3.34. The van der Waals surface area contributed by atoms with E-state index in [9.17, 15) is 13.2 Å². The molecule has 1 saturated heterocycles. The quantitative estimate of drug-likeness (QED) is 0.858. The zero-order valence-electron chi connectivity index (χ0n) is 10.7. The smallest absolute Gasteiger partial charge is 0.223 e.